The Morgan fingerprint density at radius 1 is 0.301 bits per heavy atom. The zero-order chi connectivity index (χ0) is 55.4. The predicted octanol–water partition coefficient (Wildman–Crippen LogP) is 17.1. The minimum absolute atomic E-state index is 0.0297. The molecule has 3 aromatic heterocycles. The summed E-state index contributed by atoms with van der Waals surface area (Å²) in [6.45, 7) is 15.8. The Morgan fingerprint density at radius 2 is 0.663 bits per heavy atom. The normalized spacial score (nSPS) is 15.8. The Labute approximate surface area is 480 Å². The molecule has 11 aromatic carbocycles. The maximum atomic E-state index is 6.39. The van der Waals surface area contributed by atoms with Crippen molar-refractivity contribution in [3.05, 3.63) is 240 Å². The molecule has 0 unspecified atom stereocenters. The molecule has 0 fully saturated rings. The van der Waals surface area contributed by atoms with Gasteiger partial charge in [0.15, 0.2) is 6.20 Å². The second kappa shape index (κ2) is 16.3. The van der Waals surface area contributed by atoms with E-state index in [0.717, 1.165) is 17.2 Å². The average molecular weight is 1070 g/mol. The minimum atomic E-state index is -0.0825. The van der Waals surface area contributed by atoms with Crippen molar-refractivity contribution in [3.8, 4) is 51.0 Å². The summed E-state index contributed by atoms with van der Waals surface area (Å²) in [7, 11) is 0. The first-order chi connectivity index (χ1) is 40.4. The second-order valence-electron chi connectivity index (χ2n) is 25.2. The van der Waals surface area contributed by atoms with Crippen molar-refractivity contribution >= 4 is 86.4 Å². The third-order valence-corrected chi connectivity index (χ3v) is 19.9. The number of benzene rings is 11. The molecular formula is C77H58N3O3+3. The first kappa shape index (κ1) is 47.0. The molecule has 0 saturated heterocycles. The lowest BCUT2D eigenvalue weighted by molar-refractivity contribution is -0.717. The van der Waals surface area contributed by atoms with Gasteiger partial charge < -0.3 is 14.2 Å². The summed E-state index contributed by atoms with van der Waals surface area (Å²) in [6.07, 6.45) is 2.12. The molecule has 0 bridgehead atoms. The van der Waals surface area contributed by atoms with E-state index in [4.69, 9.17) is 14.2 Å². The van der Waals surface area contributed by atoms with E-state index in [1.54, 1.807) is 0 Å². The van der Waals surface area contributed by atoms with E-state index in [1.807, 2.05) is 0 Å². The van der Waals surface area contributed by atoms with Crippen LogP contribution in [0.4, 0.5) is 0 Å². The van der Waals surface area contributed by atoms with Gasteiger partial charge in [0.25, 0.3) is 20.2 Å². The fraction of sp³-hybridized carbons (Fsp3) is 0.156. The van der Waals surface area contributed by atoms with Crippen LogP contribution < -0.4 is 27.9 Å². The topological polar surface area (TPSA) is 39.3 Å². The van der Waals surface area contributed by atoms with E-state index in [1.165, 1.54) is 154 Å². The maximum absolute atomic E-state index is 6.39. The highest BCUT2D eigenvalue weighted by atomic mass is 16.5. The quantitative estimate of drug-likeness (QED) is 0.112. The van der Waals surface area contributed by atoms with Crippen LogP contribution in [-0.4, -0.2) is 0 Å². The van der Waals surface area contributed by atoms with Gasteiger partial charge in [0, 0.05) is 61.9 Å². The fourth-order valence-corrected chi connectivity index (χ4v) is 16.1. The van der Waals surface area contributed by atoms with Crippen LogP contribution in [0.25, 0.3) is 120 Å². The van der Waals surface area contributed by atoms with Crippen LogP contribution in [0.3, 0.4) is 0 Å². The summed E-state index contributed by atoms with van der Waals surface area (Å²) in [5, 5.41) is 18.1. The van der Waals surface area contributed by atoms with Crippen LogP contribution in [-0.2, 0) is 36.4 Å². The van der Waals surface area contributed by atoms with Crippen LogP contribution in [0, 0.1) is 0 Å². The third-order valence-electron chi connectivity index (χ3n) is 19.9. The number of para-hydroxylation sites is 2. The molecule has 0 spiro atoms. The first-order valence-electron chi connectivity index (χ1n) is 29.3. The highest BCUT2D eigenvalue weighted by Gasteiger charge is 2.50. The van der Waals surface area contributed by atoms with E-state index in [-0.39, 0.29) is 16.2 Å². The highest BCUT2D eigenvalue weighted by molar-refractivity contribution is 6.15. The largest absolute Gasteiger partial charge is 0.435 e. The monoisotopic (exact) mass is 1070 g/mol. The van der Waals surface area contributed by atoms with Gasteiger partial charge in [0.2, 0.25) is 28.1 Å². The molecule has 3 aliphatic heterocycles. The summed E-state index contributed by atoms with van der Waals surface area (Å²) in [4.78, 5) is 0. The lowest BCUT2D eigenvalue weighted by Gasteiger charge is -2.22. The molecule has 0 radical (unpaired) electrons. The zero-order valence-corrected chi connectivity index (χ0v) is 47.3. The summed E-state index contributed by atoms with van der Waals surface area (Å²) in [5.74, 6) is 3.06. The number of pyridine rings is 3. The second-order valence-corrected chi connectivity index (χ2v) is 25.2. The third kappa shape index (κ3) is 6.15. The number of ether oxygens (including phenoxy) is 3. The molecule has 6 nitrogen and oxygen atoms in total. The van der Waals surface area contributed by atoms with Gasteiger partial charge in [-0.3, -0.25) is 0 Å². The molecule has 0 amide bonds. The number of rotatable bonds is 0. The number of hydrogen-bond donors (Lipinski definition) is 0. The summed E-state index contributed by atoms with van der Waals surface area (Å²) >= 11 is 0. The van der Waals surface area contributed by atoms with Crippen molar-refractivity contribution < 1.29 is 27.9 Å². The minimum Gasteiger partial charge on any atom is -0.435 e. The fourth-order valence-electron chi connectivity index (χ4n) is 16.1. The van der Waals surface area contributed by atoms with Gasteiger partial charge in [-0.1, -0.05) is 175 Å². The molecule has 83 heavy (non-hydrogen) atoms. The Bertz CT molecular complexity index is 5090. The molecule has 0 atom stereocenters. The van der Waals surface area contributed by atoms with Crippen LogP contribution in [0.15, 0.2) is 206 Å². The van der Waals surface area contributed by atoms with Gasteiger partial charge in [-0.2, -0.15) is 13.7 Å². The van der Waals surface area contributed by atoms with Gasteiger partial charge in [0.1, 0.15) is 17.2 Å². The molecule has 6 aliphatic rings. The number of aromatic nitrogens is 3. The van der Waals surface area contributed by atoms with Crippen LogP contribution in [0.1, 0.15) is 74.9 Å². The van der Waals surface area contributed by atoms with Crippen molar-refractivity contribution in [1.29, 1.82) is 0 Å². The molecule has 3 aliphatic carbocycles. The Balaban J connectivity index is 0.0000000954. The summed E-state index contributed by atoms with van der Waals surface area (Å²) < 4.78 is 25.9. The first-order valence-corrected chi connectivity index (χ1v) is 29.3. The average Bonchev–Trinajstić information content (AvgIpc) is 1.62. The van der Waals surface area contributed by atoms with Crippen LogP contribution in [0.5, 0.6) is 17.2 Å². The van der Waals surface area contributed by atoms with Gasteiger partial charge in [-0.25, -0.2) is 0 Å². The molecule has 6 heteroatoms. The molecule has 0 N–H and O–H groups in total. The van der Waals surface area contributed by atoms with E-state index >= 15 is 0 Å². The van der Waals surface area contributed by atoms with E-state index in [9.17, 15) is 0 Å². The highest BCUT2D eigenvalue weighted by Crippen LogP contribution is 2.59. The van der Waals surface area contributed by atoms with E-state index in [0.29, 0.717) is 20.2 Å². The smallest absolute Gasteiger partial charge is 0.293 e. The van der Waals surface area contributed by atoms with Crippen LogP contribution in [0.2, 0.25) is 0 Å². The number of nitrogens with zero attached hydrogens (tertiary/aromatic N) is 3. The van der Waals surface area contributed by atoms with Crippen molar-refractivity contribution in [2.24, 2.45) is 0 Å². The lowest BCUT2D eigenvalue weighted by atomic mass is 9.79. The number of fused-ring (bicyclic) bond motifs is 16. The van der Waals surface area contributed by atoms with Gasteiger partial charge in [-0.05, 0) is 130 Å². The lowest BCUT2D eigenvalue weighted by Crippen LogP contribution is -2.42. The van der Waals surface area contributed by atoms with E-state index < -0.39 is 0 Å². The van der Waals surface area contributed by atoms with Gasteiger partial charge >= 0.3 is 0 Å². The molecular weight excluding hydrogens is 1010 g/mol. The number of hydrogen-bond acceptors (Lipinski definition) is 3. The Kier molecular flexibility index (Phi) is 9.23. The van der Waals surface area contributed by atoms with Crippen molar-refractivity contribution in [1.82, 2.24) is 0 Å². The summed E-state index contributed by atoms with van der Waals surface area (Å²) in [5.41, 5.74) is 18.5. The van der Waals surface area contributed by atoms with E-state index in [2.05, 4.69) is 262 Å². The maximum Gasteiger partial charge on any atom is 0.293 e. The Hall–Kier alpha value is -9.65. The molecule has 0 saturated carbocycles. The molecule has 6 heterocycles. The van der Waals surface area contributed by atoms with Crippen molar-refractivity contribution in [2.45, 2.75) is 78.0 Å². The zero-order valence-electron chi connectivity index (χ0n) is 47.3. The van der Waals surface area contributed by atoms with Gasteiger partial charge in [0.05, 0.1) is 16.7 Å². The van der Waals surface area contributed by atoms with Crippen molar-refractivity contribution in [3.63, 3.8) is 0 Å². The predicted molar refractivity (Wildman–Crippen MR) is 335 cm³/mol. The summed E-state index contributed by atoms with van der Waals surface area (Å²) in [6, 6.07) is 72.8. The molecule has 14 aromatic rings. The Morgan fingerprint density at radius 3 is 1.10 bits per heavy atom. The standard InChI is InChI=1S/2C27H20NO.C23H18NO/c2*1-27(2)21-13-17-8-4-6-10-22(17)28-15-29-23-14-20-18-9-5-3-7-16(18)11-12-19(20)25(27)24(23)26(21)28;1-23(2)18-8-5-11-24-13-25-19-12-17-15-7-4-3-6-14(15)9-10-16(17)21(23)20(19)22(18)24/h2*3-14H,15H2,1-2H3;3-12H,13H2,1-2H3/q3*+1. The van der Waals surface area contributed by atoms with Crippen LogP contribution >= 0.6 is 0 Å². The molecule has 20 rings (SSSR count). The van der Waals surface area contributed by atoms with Gasteiger partial charge in [-0.15, -0.1) is 0 Å². The molecule has 396 valence electrons. The van der Waals surface area contributed by atoms with Crippen molar-refractivity contribution in [2.75, 3.05) is 0 Å². The SMILES string of the molecule is CC1(C)c2cc3ccccc3[n+]3c2-c2c(cc4c(ccc5ccccc54)c21)OC3.CC1(C)c2cc3ccccc3[n+]3c2-c2c(cc4c(ccc5ccccc54)c21)OC3.CC1(C)c2ccc[n+]3c2-c2c(cc4c(ccc5ccccc54)c21)OC3.